The van der Waals surface area contributed by atoms with Crippen LogP contribution in [-0.2, 0) is 4.74 Å². The summed E-state index contributed by atoms with van der Waals surface area (Å²) in [5.41, 5.74) is 5.35. The Morgan fingerprint density at radius 1 is 1.47 bits per heavy atom. The van der Waals surface area contributed by atoms with Gasteiger partial charge in [-0.15, -0.1) is 0 Å². The maximum atomic E-state index is 6.01. The van der Waals surface area contributed by atoms with Gasteiger partial charge < -0.3 is 10.5 Å². The van der Waals surface area contributed by atoms with Crippen LogP contribution in [0, 0.1) is 0 Å². The van der Waals surface area contributed by atoms with Gasteiger partial charge in [0.05, 0.1) is 17.2 Å². The molecule has 1 aliphatic heterocycles. The average Bonchev–Trinajstić information content (AvgIpc) is 2.52. The van der Waals surface area contributed by atoms with Crippen molar-refractivity contribution in [3.63, 3.8) is 0 Å². The fourth-order valence-corrected chi connectivity index (χ4v) is 2.47. The molecule has 2 N–H and O–H groups in total. The maximum Gasteiger partial charge on any atom is 0.145 e. The number of rotatable bonds is 1. The average molecular weight is 209 g/mol. The quantitative estimate of drug-likeness (QED) is 0.769. The van der Waals surface area contributed by atoms with Gasteiger partial charge in [0.25, 0.3) is 0 Å². The Labute approximate surface area is 90.4 Å². The van der Waals surface area contributed by atoms with Crippen LogP contribution in [0.15, 0.2) is 12.3 Å². The van der Waals surface area contributed by atoms with E-state index in [9.17, 15) is 0 Å². The zero-order valence-corrected chi connectivity index (χ0v) is 9.82. The summed E-state index contributed by atoms with van der Waals surface area (Å²) in [6.07, 6.45) is 2.88. The van der Waals surface area contributed by atoms with Crippen LogP contribution in [0.1, 0.15) is 40.2 Å². The standard InChI is InChI=1S/C11H19N3O/c1-10(2)7-8(11(3,4)15-10)14-6-5-9(12)13-14/h5-6,8H,7H2,1-4H3,(H2,12,13). The third-order valence-electron chi connectivity index (χ3n) is 2.98. The Bertz CT molecular complexity index is 368. The largest absolute Gasteiger partial charge is 0.382 e. The van der Waals surface area contributed by atoms with Crippen LogP contribution in [0.2, 0.25) is 0 Å². The predicted molar refractivity (Wildman–Crippen MR) is 59.5 cm³/mol. The molecule has 0 amide bonds. The minimum Gasteiger partial charge on any atom is -0.382 e. The van der Waals surface area contributed by atoms with Crippen LogP contribution in [0.25, 0.3) is 0 Å². The normalized spacial score (nSPS) is 28.1. The van der Waals surface area contributed by atoms with E-state index < -0.39 is 0 Å². The molecule has 0 saturated carbocycles. The van der Waals surface area contributed by atoms with Crippen LogP contribution in [0.5, 0.6) is 0 Å². The molecule has 84 valence electrons. The van der Waals surface area contributed by atoms with Crippen molar-refractivity contribution in [3.05, 3.63) is 12.3 Å². The molecule has 0 radical (unpaired) electrons. The van der Waals surface area contributed by atoms with Crippen LogP contribution >= 0.6 is 0 Å². The molecule has 4 nitrogen and oxygen atoms in total. The summed E-state index contributed by atoms with van der Waals surface area (Å²) >= 11 is 0. The van der Waals surface area contributed by atoms with Gasteiger partial charge in [0.1, 0.15) is 5.82 Å². The topological polar surface area (TPSA) is 53.1 Å². The molecular weight excluding hydrogens is 190 g/mol. The second kappa shape index (κ2) is 2.98. The molecule has 1 aromatic rings. The molecular formula is C11H19N3O. The van der Waals surface area contributed by atoms with Crippen LogP contribution < -0.4 is 5.73 Å². The first-order valence-corrected chi connectivity index (χ1v) is 5.31. The predicted octanol–water partition coefficient (Wildman–Crippen LogP) is 1.98. The van der Waals surface area contributed by atoms with Gasteiger partial charge >= 0.3 is 0 Å². The van der Waals surface area contributed by atoms with Gasteiger partial charge in [0.15, 0.2) is 0 Å². The lowest BCUT2D eigenvalue weighted by molar-refractivity contribution is -0.0737. The lowest BCUT2D eigenvalue weighted by Crippen LogP contribution is -2.31. The number of aromatic nitrogens is 2. The van der Waals surface area contributed by atoms with Crippen molar-refractivity contribution in [3.8, 4) is 0 Å². The highest BCUT2D eigenvalue weighted by atomic mass is 16.5. The number of nitrogens with two attached hydrogens (primary N) is 1. The Morgan fingerprint density at radius 2 is 2.13 bits per heavy atom. The summed E-state index contributed by atoms with van der Waals surface area (Å²) in [7, 11) is 0. The van der Waals surface area contributed by atoms with Crippen LogP contribution in [-0.4, -0.2) is 21.0 Å². The van der Waals surface area contributed by atoms with E-state index in [0.29, 0.717) is 5.82 Å². The van der Waals surface area contributed by atoms with Crippen molar-refractivity contribution in [2.24, 2.45) is 0 Å². The fraction of sp³-hybridized carbons (Fsp3) is 0.727. The minimum absolute atomic E-state index is 0.0884. The van der Waals surface area contributed by atoms with Crippen LogP contribution in [0.3, 0.4) is 0 Å². The van der Waals surface area contributed by atoms with Crippen molar-refractivity contribution < 1.29 is 4.74 Å². The van der Waals surface area contributed by atoms with E-state index in [2.05, 4.69) is 32.8 Å². The van der Waals surface area contributed by atoms with Crippen molar-refractivity contribution in [1.29, 1.82) is 0 Å². The third-order valence-corrected chi connectivity index (χ3v) is 2.98. The van der Waals surface area contributed by atoms with Gasteiger partial charge in [-0.2, -0.15) is 5.10 Å². The summed E-state index contributed by atoms with van der Waals surface area (Å²) in [6.45, 7) is 8.43. The van der Waals surface area contributed by atoms with Crippen molar-refractivity contribution in [2.75, 3.05) is 5.73 Å². The van der Waals surface area contributed by atoms with E-state index in [1.54, 1.807) is 0 Å². The summed E-state index contributed by atoms with van der Waals surface area (Å²) in [5.74, 6) is 0.565. The molecule has 1 aromatic heterocycles. The molecule has 1 aliphatic rings. The van der Waals surface area contributed by atoms with Crippen molar-refractivity contribution in [1.82, 2.24) is 9.78 Å². The van der Waals surface area contributed by atoms with Gasteiger partial charge in [-0.05, 0) is 33.8 Å². The summed E-state index contributed by atoms with van der Waals surface area (Å²) < 4.78 is 7.93. The number of anilines is 1. The lowest BCUT2D eigenvalue weighted by Gasteiger charge is -2.27. The second-order valence-electron chi connectivity index (χ2n) is 5.41. The van der Waals surface area contributed by atoms with Gasteiger partial charge in [-0.25, -0.2) is 0 Å². The SMILES string of the molecule is CC1(C)CC(n2ccc(N)n2)C(C)(C)O1. The molecule has 2 heterocycles. The molecule has 15 heavy (non-hydrogen) atoms. The highest BCUT2D eigenvalue weighted by Gasteiger charge is 2.47. The Balaban J connectivity index is 2.30. The highest BCUT2D eigenvalue weighted by molar-refractivity contribution is 5.24. The number of nitrogens with zero attached hydrogens (tertiary/aromatic N) is 2. The monoisotopic (exact) mass is 209 g/mol. The zero-order valence-electron chi connectivity index (χ0n) is 9.82. The molecule has 4 heteroatoms. The molecule has 0 bridgehead atoms. The molecule has 1 fully saturated rings. The first kappa shape index (κ1) is 10.5. The summed E-state index contributed by atoms with van der Waals surface area (Å²) in [4.78, 5) is 0. The molecule has 0 aliphatic carbocycles. The summed E-state index contributed by atoms with van der Waals surface area (Å²) in [5, 5.41) is 4.27. The molecule has 2 rings (SSSR count). The van der Waals surface area contributed by atoms with Gasteiger partial charge in [-0.1, -0.05) is 0 Å². The van der Waals surface area contributed by atoms with E-state index in [1.807, 2.05) is 16.9 Å². The van der Waals surface area contributed by atoms with Gasteiger partial charge in [0.2, 0.25) is 0 Å². The van der Waals surface area contributed by atoms with Crippen molar-refractivity contribution in [2.45, 2.75) is 51.4 Å². The van der Waals surface area contributed by atoms with E-state index in [0.717, 1.165) is 6.42 Å². The Morgan fingerprint density at radius 3 is 2.53 bits per heavy atom. The second-order valence-corrected chi connectivity index (χ2v) is 5.41. The van der Waals surface area contributed by atoms with E-state index in [-0.39, 0.29) is 17.2 Å². The first-order chi connectivity index (χ1) is 6.80. The Kier molecular flexibility index (Phi) is 2.08. The van der Waals surface area contributed by atoms with Crippen molar-refractivity contribution >= 4 is 5.82 Å². The smallest absolute Gasteiger partial charge is 0.145 e. The van der Waals surface area contributed by atoms with Gasteiger partial charge in [-0.3, -0.25) is 4.68 Å². The minimum atomic E-state index is -0.192. The number of nitrogen functional groups attached to an aromatic ring is 1. The fourth-order valence-electron chi connectivity index (χ4n) is 2.47. The molecule has 0 aromatic carbocycles. The number of ether oxygens (including phenoxy) is 1. The lowest BCUT2D eigenvalue weighted by atomic mass is 9.95. The van der Waals surface area contributed by atoms with E-state index in [1.165, 1.54) is 0 Å². The first-order valence-electron chi connectivity index (χ1n) is 5.31. The molecule has 1 atom stereocenters. The van der Waals surface area contributed by atoms with E-state index >= 15 is 0 Å². The molecule has 0 spiro atoms. The van der Waals surface area contributed by atoms with Gasteiger partial charge in [0, 0.05) is 12.6 Å². The number of hydrogen-bond acceptors (Lipinski definition) is 3. The summed E-state index contributed by atoms with van der Waals surface area (Å²) in [6, 6.07) is 2.08. The number of hydrogen-bond donors (Lipinski definition) is 1. The molecule has 1 saturated heterocycles. The van der Waals surface area contributed by atoms with E-state index in [4.69, 9.17) is 10.5 Å². The Hall–Kier alpha value is -1.03. The maximum absolute atomic E-state index is 6.01. The molecule has 1 unspecified atom stereocenters. The zero-order chi connectivity index (χ0) is 11.3. The highest BCUT2D eigenvalue weighted by Crippen LogP contribution is 2.44. The third kappa shape index (κ3) is 1.86. The van der Waals surface area contributed by atoms with Crippen LogP contribution in [0.4, 0.5) is 5.82 Å².